The summed E-state index contributed by atoms with van der Waals surface area (Å²) in [5, 5.41) is 2.98. The van der Waals surface area contributed by atoms with Gasteiger partial charge in [-0.1, -0.05) is 18.2 Å². The van der Waals surface area contributed by atoms with E-state index in [1.54, 1.807) is 17.8 Å². The zero-order valence-electron chi connectivity index (χ0n) is 14.5. The van der Waals surface area contributed by atoms with Gasteiger partial charge in [0.1, 0.15) is 17.9 Å². The van der Waals surface area contributed by atoms with Gasteiger partial charge in [-0.05, 0) is 49.4 Å². The minimum Gasteiger partial charge on any atom is -0.382 e. The van der Waals surface area contributed by atoms with Gasteiger partial charge in [0.2, 0.25) is 5.91 Å². The van der Waals surface area contributed by atoms with Gasteiger partial charge in [-0.3, -0.25) is 4.79 Å². The highest BCUT2D eigenvalue weighted by Crippen LogP contribution is 2.24. The summed E-state index contributed by atoms with van der Waals surface area (Å²) >= 11 is 0. The van der Waals surface area contributed by atoms with Gasteiger partial charge in [-0.15, -0.1) is 0 Å². The number of rotatable bonds is 3. The Morgan fingerprint density at radius 2 is 2.19 bits per heavy atom. The van der Waals surface area contributed by atoms with Crippen molar-refractivity contribution >= 4 is 34.7 Å². The third-order valence-corrected chi connectivity index (χ3v) is 4.71. The monoisotopic (exact) mass is 348 g/mol. The Morgan fingerprint density at radius 1 is 1.31 bits per heavy atom. The van der Waals surface area contributed by atoms with E-state index in [-0.39, 0.29) is 5.91 Å². The van der Waals surface area contributed by atoms with Crippen molar-refractivity contribution in [3.8, 4) is 0 Å². The minimum absolute atomic E-state index is 0.140. The Labute approximate surface area is 151 Å². The number of nitrogen functional groups attached to an aromatic ring is 1. The lowest BCUT2D eigenvalue weighted by atomic mass is 10.0. The molecule has 26 heavy (non-hydrogen) atoms. The van der Waals surface area contributed by atoms with E-state index in [0.717, 1.165) is 24.9 Å². The Morgan fingerprint density at radius 3 is 3.08 bits per heavy atom. The van der Waals surface area contributed by atoms with Gasteiger partial charge in [0.05, 0.1) is 6.33 Å². The van der Waals surface area contributed by atoms with Crippen LogP contribution in [0.4, 0.5) is 11.5 Å². The van der Waals surface area contributed by atoms with Crippen LogP contribution in [-0.4, -0.2) is 25.4 Å². The molecule has 1 amide bonds. The highest BCUT2D eigenvalue weighted by atomic mass is 16.2. The average Bonchev–Trinajstić information content (AvgIpc) is 2.94. The molecule has 0 saturated carbocycles. The van der Waals surface area contributed by atoms with Crippen LogP contribution in [-0.2, 0) is 11.2 Å². The quantitative estimate of drug-likeness (QED) is 0.758. The first-order chi connectivity index (χ1) is 12.6. The van der Waals surface area contributed by atoms with Gasteiger partial charge in [0.25, 0.3) is 0 Å². The fraction of sp³-hybridized carbons (Fsp3) is 0.263. The molecule has 1 aliphatic rings. The number of nitrogens with two attached hydrogens (primary N) is 1. The molecular weight excluding hydrogens is 328 g/mol. The standard InChI is InChI=1S/C19H20N6O/c1-12(25-11-23-16-17(20)21-10-22-18(16)25)19(26)24-15-8-7-13-5-3-2-4-6-14(13)9-15/h4,6-12H,2-3,5H2,1H3,(H,24,26)(H2,20,21,22). The summed E-state index contributed by atoms with van der Waals surface area (Å²) in [7, 11) is 0. The molecule has 132 valence electrons. The van der Waals surface area contributed by atoms with Gasteiger partial charge in [-0.25, -0.2) is 15.0 Å². The molecule has 1 aromatic carbocycles. The third kappa shape index (κ3) is 2.92. The maximum atomic E-state index is 12.7. The number of hydrogen-bond acceptors (Lipinski definition) is 5. The largest absolute Gasteiger partial charge is 0.382 e. The number of fused-ring (bicyclic) bond motifs is 2. The van der Waals surface area contributed by atoms with Crippen LogP contribution in [0.25, 0.3) is 17.2 Å². The Bertz CT molecular complexity index is 1010. The number of nitrogens with one attached hydrogen (secondary N) is 1. The molecule has 3 N–H and O–H groups in total. The number of aryl methyl sites for hydroxylation is 1. The predicted octanol–water partition coefficient (Wildman–Crippen LogP) is 2.96. The lowest BCUT2D eigenvalue weighted by molar-refractivity contribution is -0.118. The van der Waals surface area contributed by atoms with E-state index in [1.807, 2.05) is 12.1 Å². The number of aromatic nitrogens is 4. The summed E-state index contributed by atoms with van der Waals surface area (Å²) < 4.78 is 1.70. The lowest BCUT2D eigenvalue weighted by Gasteiger charge is -2.15. The zero-order valence-corrected chi connectivity index (χ0v) is 14.5. The first-order valence-electron chi connectivity index (χ1n) is 8.67. The van der Waals surface area contributed by atoms with E-state index in [0.29, 0.717) is 17.0 Å². The second-order valence-corrected chi connectivity index (χ2v) is 6.46. The molecule has 1 unspecified atom stereocenters. The third-order valence-electron chi connectivity index (χ3n) is 4.71. The van der Waals surface area contributed by atoms with Crippen LogP contribution in [0, 0.1) is 0 Å². The second-order valence-electron chi connectivity index (χ2n) is 6.46. The number of nitrogens with zero attached hydrogens (tertiary/aromatic N) is 4. The average molecular weight is 348 g/mol. The highest BCUT2D eigenvalue weighted by Gasteiger charge is 2.19. The van der Waals surface area contributed by atoms with Crippen molar-refractivity contribution in [3.05, 3.63) is 48.1 Å². The molecule has 0 radical (unpaired) electrons. The number of carbonyl (C=O) groups excluding carboxylic acids is 1. The number of allylic oxidation sites excluding steroid dienone is 1. The van der Waals surface area contributed by atoms with Gasteiger partial charge >= 0.3 is 0 Å². The van der Waals surface area contributed by atoms with Crippen molar-refractivity contribution in [2.45, 2.75) is 32.2 Å². The van der Waals surface area contributed by atoms with Crippen LogP contribution in [0.5, 0.6) is 0 Å². The molecule has 4 rings (SSSR count). The van der Waals surface area contributed by atoms with Crippen molar-refractivity contribution < 1.29 is 4.79 Å². The summed E-state index contributed by atoms with van der Waals surface area (Å²) in [5.41, 5.74) is 10.1. The first kappa shape index (κ1) is 16.3. The fourth-order valence-electron chi connectivity index (χ4n) is 3.20. The van der Waals surface area contributed by atoms with Crippen LogP contribution in [0.3, 0.4) is 0 Å². The van der Waals surface area contributed by atoms with Gasteiger partial charge < -0.3 is 15.6 Å². The van der Waals surface area contributed by atoms with Crippen molar-refractivity contribution in [2.75, 3.05) is 11.1 Å². The first-order valence-corrected chi connectivity index (χ1v) is 8.67. The molecule has 0 aliphatic heterocycles. The number of amides is 1. The smallest absolute Gasteiger partial charge is 0.247 e. The molecule has 3 aromatic rings. The van der Waals surface area contributed by atoms with E-state index in [2.05, 4.69) is 38.5 Å². The number of anilines is 2. The van der Waals surface area contributed by atoms with Crippen molar-refractivity contribution in [1.29, 1.82) is 0 Å². The van der Waals surface area contributed by atoms with E-state index in [4.69, 9.17) is 5.73 Å². The number of imidazole rings is 1. The Balaban J connectivity index is 1.58. The summed E-state index contributed by atoms with van der Waals surface area (Å²) in [6, 6.07) is 5.58. The molecule has 2 aromatic heterocycles. The highest BCUT2D eigenvalue weighted by molar-refractivity contribution is 5.95. The van der Waals surface area contributed by atoms with Crippen LogP contribution < -0.4 is 11.1 Å². The maximum Gasteiger partial charge on any atom is 0.247 e. The summed E-state index contributed by atoms with van der Waals surface area (Å²) in [5.74, 6) is 0.165. The van der Waals surface area contributed by atoms with Crippen LogP contribution >= 0.6 is 0 Å². The van der Waals surface area contributed by atoms with Gasteiger partial charge in [-0.2, -0.15) is 0 Å². The fourth-order valence-corrected chi connectivity index (χ4v) is 3.20. The summed E-state index contributed by atoms with van der Waals surface area (Å²) in [6.45, 7) is 1.80. The molecule has 2 heterocycles. The molecule has 1 aliphatic carbocycles. The molecule has 0 spiro atoms. The number of hydrogen-bond donors (Lipinski definition) is 2. The molecule has 0 fully saturated rings. The van der Waals surface area contributed by atoms with E-state index < -0.39 is 6.04 Å². The molecule has 1 atom stereocenters. The van der Waals surface area contributed by atoms with Crippen molar-refractivity contribution in [3.63, 3.8) is 0 Å². The normalized spacial score (nSPS) is 14.7. The Hall–Kier alpha value is -3.22. The number of carbonyl (C=O) groups is 1. The van der Waals surface area contributed by atoms with Crippen molar-refractivity contribution in [2.24, 2.45) is 0 Å². The SMILES string of the molecule is CC(C(=O)Nc1ccc2c(c1)C=CCCC2)n1cnc2c(N)ncnc21. The predicted molar refractivity (Wildman–Crippen MR) is 101 cm³/mol. The van der Waals surface area contributed by atoms with Crippen LogP contribution in [0.15, 0.2) is 36.9 Å². The van der Waals surface area contributed by atoms with Crippen LogP contribution in [0.2, 0.25) is 0 Å². The molecule has 0 bridgehead atoms. The molecule has 7 heteroatoms. The van der Waals surface area contributed by atoms with E-state index in [9.17, 15) is 4.79 Å². The lowest BCUT2D eigenvalue weighted by Crippen LogP contribution is -2.23. The second kappa shape index (κ2) is 6.59. The van der Waals surface area contributed by atoms with Gasteiger partial charge in [0.15, 0.2) is 11.5 Å². The summed E-state index contributed by atoms with van der Waals surface area (Å²) in [6.07, 6.45) is 10.6. The van der Waals surface area contributed by atoms with Gasteiger partial charge in [0, 0.05) is 5.69 Å². The molecular formula is C19H20N6O. The topological polar surface area (TPSA) is 98.7 Å². The maximum absolute atomic E-state index is 12.7. The Kier molecular flexibility index (Phi) is 4.12. The van der Waals surface area contributed by atoms with E-state index >= 15 is 0 Å². The van der Waals surface area contributed by atoms with Crippen molar-refractivity contribution in [1.82, 2.24) is 19.5 Å². The minimum atomic E-state index is -0.483. The zero-order chi connectivity index (χ0) is 18.1. The molecule has 7 nitrogen and oxygen atoms in total. The molecule has 0 saturated heterocycles. The summed E-state index contributed by atoms with van der Waals surface area (Å²) in [4.78, 5) is 25.1. The van der Waals surface area contributed by atoms with Crippen LogP contribution in [0.1, 0.15) is 36.9 Å². The van der Waals surface area contributed by atoms with E-state index in [1.165, 1.54) is 17.5 Å². The number of benzene rings is 1.